The van der Waals surface area contributed by atoms with Crippen LogP contribution < -0.4 is 5.73 Å². The smallest absolute Gasteiger partial charge is 0.123 e. The predicted molar refractivity (Wildman–Crippen MR) is 82.5 cm³/mol. The molecular weight excluding hydrogens is 265 g/mol. The van der Waals surface area contributed by atoms with E-state index in [9.17, 15) is 4.39 Å². The number of aromatic nitrogens is 2. The lowest BCUT2D eigenvalue weighted by atomic mass is 10.0. The molecule has 0 radical (unpaired) electrons. The summed E-state index contributed by atoms with van der Waals surface area (Å²) in [5.41, 5.74) is 9.70. The van der Waals surface area contributed by atoms with E-state index in [1.165, 1.54) is 6.07 Å². The van der Waals surface area contributed by atoms with Gasteiger partial charge >= 0.3 is 0 Å². The highest BCUT2D eigenvalue weighted by molar-refractivity contribution is 5.76. The molecule has 0 saturated carbocycles. The Morgan fingerprint density at radius 2 is 1.95 bits per heavy atom. The number of nitrogens with zero attached hydrogens (tertiary/aromatic N) is 2. The minimum absolute atomic E-state index is 0.235. The van der Waals surface area contributed by atoms with Crippen molar-refractivity contribution >= 4 is 11.0 Å². The van der Waals surface area contributed by atoms with Crippen LogP contribution in [-0.4, -0.2) is 9.55 Å². The largest absolute Gasteiger partial charge is 0.328 e. The van der Waals surface area contributed by atoms with Gasteiger partial charge in [-0.2, -0.15) is 0 Å². The molecule has 0 aliphatic heterocycles. The fourth-order valence-corrected chi connectivity index (χ4v) is 2.74. The highest BCUT2D eigenvalue weighted by Gasteiger charge is 2.12. The zero-order chi connectivity index (χ0) is 14.8. The first-order chi connectivity index (χ1) is 10.2. The Morgan fingerprint density at radius 1 is 1.14 bits per heavy atom. The quantitative estimate of drug-likeness (QED) is 0.798. The van der Waals surface area contributed by atoms with E-state index in [2.05, 4.69) is 22.5 Å². The summed E-state index contributed by atoms with van der Waals surface area (Å²) in [5.74, 6) is 0.709. The summed E-state index contributed by atoms with van der Waals surface area (Å²) < 4.78 is 15.7. The molecule has 4 heteroatoms. The van der Waals surface area contributed by atoms with E-state index in [0.29, 0.717) is 13.0 Å². The number of rotatable bonds is 4. The zero-order valence-electron chi connectivity index (χ0n) is 12.0. The second kappa shape index (κ2) is 5.66. The summed E-state index contributed by atoms with van der Waals surface area (Å²) in [6.45, 7) is 3.33. The Hall–Kier alpha value is -2.20. The normalized spacial score (nSPS) is 11.2. The van der Waals surface area contributed by atoms with Gasteiger partial charge in [0.15, 0.2) is 0 Å². The highest BCUT2D eigenvalue weighted by Crippen LogP contribution is 2.20. The van der Waals surface area contributed by atoms with E-state index in [4.69, 9.17) is 5.73 Å². The Labute approximate surface area is 123 Å². The molecular formula is C17H18FN3. The molecule has 0 atom stereocenters. The van der Waals surface area contributed by atoms with Gasteiger partial charge in [0.2, 0.25) is 0 Å². The molecule has 0 aliphatic carbocycles. The minimum atomic E-state index is -0.235. The van der Waals surface area contributed by atoms with Crippen LogP contribution in [0.25, 0.3) is 11.0 Å². The number of benzene rings is 2. The van der Waals surface area contributed by atoms with Crippen molar-refractivity contribution in [3.05, 3.63) is 65.2 Å². The van der Waals surface area contributed by atoms with E-state index in [1.54, 1.807) is 12.1 Å². The van der Waals surface area contributed by atoms with E-state index in [0.717, 1.165) is 34.5 Å². The second-order valence-corrected chi connectivity index (χ2v) is 5.05. The third-order valence-electron chi connectivity index (χ3n) is 3.79. The van der Waals surface area contributed by atoms with Crippen molar-refractivity contribution in [2.45, 2.75) is 26.4 Å². The van der Waals surface area contributed by atoms with Gasteiger partial charge in [-0.3, -0.25) is 0 Å². The summed E-state index contributed by atoms with van der Waals surface area (Å²) in [6.07, 6.45) is 0.590. The van der Waals surface area contributed by atoms with Crippen LogP contribution >= 0.6 is 0 Å². The minimum Gasteiger partial charge on any atom is -0.328 e. The molecule has 0 spiro atoms. The van der Waals surface area contributed by atoms with Gasteiger partial charge in [-0.05, 0) is 42.3 Å². The summed E-state index contributed by atoms with van der Waals surface area (Å²) in [7, 11) is 0. The van der Waals surface area contributed by atoms with Crippen molar-refractivity contribution in [2.24, 2.45) is 5.73 Å². The van der Waals surface area contributed by atoms with Crippen molar-refractivity contribution in [3.8, 4) is 0 Å². The van der Waals surface area contributed by atoms with Crippen LogP contribution in [0.15, 0.2) is 42.5 Å². The second-order valence-electron chi connectivity index (χ2n) is 5.05. The molecule has 0 aliphatic rings. The number of halogens is 1. The first-order valence-electron chi connectivity index (χ1n) is 7.14. The average molecular weight is 283 g/mol. The van der Waals surface area contributed by atoms with E-state index >= 15 is 0 Å². The van der Waals surface area contributed by atoms with Gasteiger partial charge in [-0.25, -0.2) is 9.37 Å². The Kier molecular flexibility index (Phi) is 3.71. The van der Waals surface area contributed by atoms with Crippen LogP contribution in [-0.2, 0) is 19.5 Å². The third kappa shape index (κ3) is 2.54. The fraction of sp³-hybridized carbons (Fsp3) is 0.235. The molecule has 0 unspecified atom stereocenters. The SMILES string of the molecule is CCn1c(Cc2cc(F)ccc2CN)nc2ccccc21. The third-order valence-corrected chi connectivity index (χ3v) is 3.79. The lowest BCUT2D eigenvalue weighted by Gasteiger charge is -2.10. The number of aryl methyl sites for hydroxylation is 1. The van der Waals surface area contributed by atoms with Crippen LogP contribution in [0.4, 0.5) is 4.39 Å². The Balaban J connectivity index is 2.07. The fourth-order valence-electron chi connectivity index (χ4n) is 2.74. The van der Waals surface area contributed by atoms with Crippen molar-refractivity contribution in [1.82, 2.24) is 9.55 Å². The molecule has 0 fully saturated rings. The van der Waals surface area contributed by atoms with E-state index < -0.39 is 0 Å². The topological polar surface area (TPSA) is 43.8 Å². The zero-order valence-corrected chi connectivity index (χ0v) is 12.0. The van der Waals surface area contributed by atoms with Gasteiger partial charge < -0.3 is 10.3 Å². The van der Waals surface area contributed by atoms with Crippen LogP contribution in [0.1, 0.15) is 23.9 Å². The maximum atomic E-state index is 13.5. The molecule has 1 aromatic heterocycles. The number of imidazole rings is 1. The van der Waals surface area contributed by atoms with E-state index in [-0.39, 0.29) is 5.82 Å². The maximum Gasteiger partial charge on any atom is 0.123 e. The van der Waals surface area contributed by atoms with Crippen molar-refractivity contribution in [2.75, 3.05) is 0 Å². The molecule has 3 nitrogen and oxygen atoms in total. The van der Waals surface area contributed by atoms with Crippen LogP contribution in [0, 0.1) is 5.82 Å². The lowest BCUT2D eigenvalue weighted by Crippen LogP contribution is -2.07. The summed E-state index contributed by atoms with van der Waals surface area (Å²) in [4.78, 5) is 4.68. The maximum absolute atomic E-state index is 13.5. The molecule has 3 rings (SSSR count). The molecule has 0 amide bonds. The van der Waals surface area contributed by atoms with Gasteiger partial charge in [0.05, 0.1) is 11.0 Å². The van der Waals surface area contributed by atoms with Crippen LogP contribution in [0.5, 0.6) is 0 Å². The molecule has 3 aromatic rings. The number of para-hydroxylation sites is 2. The monoisotopic (exact) mass is 283 g/mol. The van der Waals surface area contributed by atoms with Gasteiger partial charge in [-0.15, -0.1) is 0 Å². The Morgan fingerprint density at radius 3 is 2.71 bits per heavy atom. The number of hydrogen-bond acceptors (Lipinski definition) is 2. The molecule has 0 bridgehead atoms. The van der Waals surface area contributed by atoms with Crippen LogP contribution in [0.2, 0.25) is 0 Å². The van der Waals surface area contributed by atoms with Gasteiger partial charge in [0, 0.05) is 19.5 Å². The molecule has 1 heterocycles. The molecule has 0 saturated heterocycles. The molecule has 21 heavy (non-hydrogen) atoms. The van der Waals surface area contributed by atoms with Crippen molar-refractivity contribution in [1.29, 1.82) is 0 Å². The highest BCUT2D eigenvalue weighted by atomic mass is 19.1. The summed E-state index contributed by atoms with van der Waals surface area (Å²) >= 11 is 0. The number of nitrogens with two attached hydrogens (primary N) is 1. The van der Waals surface area contributed by atoms with Gasteiger partial charge in [0.25, 0.3) is 0 Å². The molecule has 2 N–H and O–H groups in total. The summed E-state index contributed by atoms with van der Waals surface area (Å²) in [5, 5.41) is 0. The molecule has 108 valence electrons. The number of hydrogen-bond donors (Lipinski definition) is 1. The first-order valence-corrected chi connectivity index (χ1v) is 7.14. The summed E-state index contributed by atoms with van der Waals surface area (Å²) in [6, 6.07) is 12.8. The van der Waals surface area contributed by atoms with Crippen molar-refractivity contribution < 1.29 is 4.39 Å². The number of fused-ring (bicyclic) bond motifs is 1. The van der Waals surface area contributed by atoms with Gasteiger partial charge in [0.1, 0.15) is 11.6 Å². The van der Waals surface area contributed by atoms with Gasteiger partial charge in [-0.1, -0.05) is 18.2 Å². The lowest BCUT2D eigenvalue weighted by molar-refractivity contribution is 0.624. The predicted octanol–water partition coefficient (Wildman–Crippen LogP) is 3.24. The van der Waals surface area contributed by atoms with E-state index in [1.807, 2.05) is 18.2 Å². The average Bonchev–Trinajstić information content (AvgIpc) is 2.84. The first kappa shape index (κ1) is 13.8. The Bertz CT molecular complexity index is 777. The van der Waals surface area contributed by atoms with Crippen molar-refractivity contribution in [3.63, 3.8) is 0 Å². The van der Waals surface area contributed by atoms with Crippen LogP contribution in [0.3, 0.4) is 0 Å². The standard InChI is InChI=1S/C17H18FN3/c1-2-21-16-6-4-3-5-15(16)20-17(21)10-13-9-14(18)8-7-12(13)11-19/h3-9H,2,10-11,19H2,1H3. The molecule has 2 aromatic carbocycles.